The van der Waals surface area contributed by atoms with Gasteiger partial charge in [0.25, 0.3) is 0 Å². The average molecular weight is 458 g/mol. The monoisotopic (exact) mass is 458 g/mol. The standard InChI is InChI=1S/C11H13N2.3ClH.Hf/c1-3-8-5-9(4-2)11-10(6-8)7-12-13-11;;;;/h5-6H,3-4H2,1-2H3,(H,12,13);3*1H;/q;;;;+3/p-3. The maximum absolute atomic E-state index is 4.32. The summed E-state index contributed by atoms with van der Waals surface area (Å²) in [5, 5.41) is 8.80. The van der Waals surface area contributed by atoms with E-state index in [2.05, 4.69) is 36.2 Å². The molecule has 2 rings (SSSR count). The van der Waals surface area contributed by atoms with Crippen molar-refractivity contribution in [1.82, 2.24) is 10.2 Å². The van der Waals surface area contributed by atoms with Gasteiger partial charge in [-0.1, -0.05) is 0 Å². The smallest absolute Gasteiger partial charge is 1.00 e. The summed E-state index contributed by atoms with van der Waals surface area (Å²) in [6, 6.07) is 4.57. The van der Waals surface area contributed by atoms with E-state index in [1.807, 2.05) is 0 Å². The van der Waals surface area contributed by atoms with Crippen LogP contribution in [0.4, 0.5) is 0 Å². The van der Waals surface area contributed by atoms with Crippen LogP contribution >= 0.6 is 0 Å². The first-order valence-corrected chi connectivity index (χ1v) is 6.77. The van der Waals surface area contributed by atoms with Gasteiger partial charge in [0.1, 0.15) is 0 Å². The Morgan fingerprint density at radius 1 is 1.12 bits per heavy atom. The van der Waals surface area contributed by atoms with Crippen LogP contribution in [0.15, 0.2) is 12.1 Å². The SMILES string of the molecule is CCc1cc(CC)c2[nH]n[c]([Hf+3])c2c1.[Cl-].[Cl-].[Cl-]. The molecule has 92 valence electrons. The summed E-state index contributed by atoms with van der Waals surface area (Å²) in [5.74, 6) is 0. The molecule has 1 N–H and O–H groups in total. The minimum Gasteiger partial charge on any atom is -1.00 e. The van der Waals surface area contributed by atoms with Crippen molar-refractivity contribution >= 4 is 14.4 Å². The van der Waals surface area contributed by atoms with Crippen LogP contribution in [0.3, 0.4) is 0 Å². The molecule has 0 aliphatic rings. The first kappa shape index (κ1) is 19.8. The van der Waals surface area contributed by atoms with Crippen LogP contribution in [0.2, 0.25) is 0 Å². The van der Waals surface area contributed by atoms with E-state index in [0.717, 1.165) is 37.2 Å². The Morgan fingerprint density at radius 2 is 1.76 bits per heavy atom. The largest absolute Gasteiger partial charge is 1.00 e. The molecule has 0 saturated heterocycles. The van der Waals surface area contributed by atoms with Crippen molar-refractivity contribution in [3.8, 4) is 0 Å². The predicted octanol–water partition coefficient (Wildman–Crippen LogP) is -7.13. The van der Waals surface area contributed by atoms with Crippen molar-refractivity contribution < 1.29 is 61.6 Å². The van der Waals surface area contributed by atoms with Crippen molar-refractivity contribution in [3.05, 3.63) is 23.3 Å². The Balaban J connectivity index is 0. The third-order valence-corrected chi connectivity index (χ3v) is 3.97. The average Bonchev–Trinajstić information content (AvgIpc) is 2.59. The summed E-state index contributed by atoms with van der Waals surface area (Å²) in [6.45, 7) is 4.40. The number of aromatic amines is 1. The van der Waals surface area contributed by atoms with Crippen LogP contribution in [-0.4, -0.2) is 10.2 Å². The molecule has 0 bridgehead atoms. The maximum Gasteiger partial charge on any atom is -1.00 e. The first-order chi connectivity index (χ1) is 6.76. The van der Waals surface area contributed by atoms with E-state index in [-0.39, 0.29) is 37.2 Å². The van der Waals surface area contributed by atoms with Crippen molar-refractivity contribution in [2.75, 3.05) is 0 Å². The summed E-state index contributed by atoms with van der Waals surface area (Å²) in [5.41, 5.74) is 4.07. The zero-order valence-electron chi connectivity index (χ0n) is 9.65. The van der Waals surface area contributed by atoms with E-state index >= 15 is 0 Å². The fourth-order valence-electron chi connectivity index (χ4n) is 1.74. The van der Waals surface area contributed by atoms with Gasteiger partial charge in [0.15, 0.2) is 0 Å². The van der Waals surface area contributed by atoms with Crippen molar-refractivity contribution in [2.45, 2.75) is 26.7 Å². The number of halogens is 3. The molecular formula is C11H13Cl3HfN2. The minimum atomic E-state index is 0. The molecule has 2 aromatic rings. The molecule has 0 spiro atoms. The molecule has 1 aromatic heterocycles. The second-order valence-electron chi connectivity index (χ2n) is 3.46. The van der Waals surface area contributed by atoms with Gasteiger partial charge in [-0.05, 0) is 0 Å². The summed E-state index contributed by atoms with van der Waals surface area (Å²) in [4.78, 5) is 0. The molecule has 0 saturated carbocycles. The minimum absolute atomic E-state index is 0. The number of rotatable bonds is 2. The molecule has 0 aliphatic heterocycles. The molecule has 0 aliphatic carbocycles. The van der Waals surface area contributed by atoms with Gasteiger partial charge in [0.2, 0.25) is 0 Å². The van der Waals surface area contributed by atoms with Gasteiger partial charge in [-0.2, -0.15) is 0 Å². The van der Waals surface area contributed by atoms with Crippen LogP contribution in [-0.2, 0) is 37.2 Å². The van der Waals surface area contributed by atoms with E-state index in [0.29, 0.717) is 0 Å². The summed E-state index contributed by atoms with van der Waals surface area (Å²) < 4.78 is 1.24. The molecule has 0 unspecified atom stereocenters. The summed E-state index contributed by atoms with van der Waals surface area (Å²) in [6.07, 6.45) is 2.18. The van der Waals surface area contributed by atoms with Gasteiger partial charge < -0.3 is 37.2 Å². The first-order valence-electron chi connectivity index (χ1n) is 4.97. The fraction of sp³-hybridized carbons (Fsp3) is 0.364. The van der Waals surface area contributed by atoms with Gasteiger partial charge in [0.05, 0.1) is 0 Å². The van der Waals surface area contributed by atoms with Crippen molar-refractivity contribution in [3.63, 3.8) is 0 Å². The van der Waals surface area contributed by atoms with Gasteiger partial charge in [-0.25, -0.2) is 0 Å². The quantitative estimate of drug-likeness (QED) is 0.446. The van der Waals surface area contributed by atoms with Crippen molar-refractivity contribution in [1.29, 1.82) is 0 Å². The van der Waals surface area contributed by atoms with Gasteiger partial charge >= 0.3 is 98.9 Å². The molecule has 17 heavy (non-hydrogen) atoms. The molecular weight excluding hydrogens is 445 g/mol. The van der Waals surface area contributed by atoms with Gasteiger partial charge in [-0.15, -0.1) is 0 Å². The molecule has 0 radical (unpaired) electrons. The molecule has 0 amide bonds. The Hall–Kier alpha value is 0.430. The molecule has 1 heterocycles. The number of hydrogen-bond acceptors (Lipinski definition) is 1. The normalized spacial score (nSPS) is 9.18. The Labute approximate surface area is 135 Å². The van der Waals surface area contributed by atoms with Gasteiger partial charge in [0, 0.05) is 0 Å². The summed E-state index contributed by atoms with van der Waals surface area (Å²) >= 11 is 1.02. The van der Waals surface area contributed by atoms with Crippen molar-refractivity contribution in [2.24, 2.45) is 0 Å². The van der Waals surface area contributed by atoms with Crippen LogP contribution in [0.5, 0.6) is 0 Å². The summed E-state index contributed by atoms with van der Waals surface area (Å²) in [7, 11) is 0. The zero-order chi connectivity index (χ0) is 10.1. The second kappa shape index (κ2) is 8.52. The third kappa shape index (κ3) is 3.95. The number of benzene rings is 1. The molecule has 1 aromatic carbocycles. The van der Waals surface area contributed by atoms with Crippen LogP contribution in [0.25, 0.3) is 10.9 Å². The zero-order valence-corrected chi connectivity index (χ0v) is 15.5. The van der Waals surface area contributed by atoms with E-state index in [1.165, 1.54) is 25.5 Å². The third-order valence-electron chi connectivity index (χ3n) is 2.60. The van der Waals surface area contributed by atoms with Crippen LogP contribution < -0.4 is 40.7 Å². The van der Waals surface area contributed by atoms with Crippen LogP contribution in [0, 0.1) is 0 Å². The van der Waals surface area contributed by atoms with Gasteiger partial charge in [-0.3, -0.25) is 0 Å². The molecule has 2 nitrogen and oxygen atoms in total. The fourth-order valence-corrected chi connectivity index (χ4v) is 2.65. The predicted molar refractivity (Wildman–Crippen MR) is 54.5 cm³/mol. The van der Waals surface area contributed by atoms with E-state index in [1.54, 1.807) is 0 Å². The number of nitrogens with zero attached hydrogens (tertiary/aromatic N) is 1. The molecule has 6 heteroatoms. The Morgan fingerprint density at radius 3 is 2.29 bits per heavy atom. The Kier molecular flexibility index (Phi) is 9.90. The maximum atomic E-state index is 4.32. The molecule has 0 atom stereocenters. The second-order valence-corrected chi connectivity index (χ2v) is 5.16. The van der Waals surface area contributed by atoms with Crippen LogP contribution in [0.1, 0.15) is 25.0 Å². The van der Waals surface area contributed by atoms with E-state index in [9.17, 15) is 0 Å². The number of aryl methyl sites for hydroxylation is 2. The number of hydrogen-bond donors (Lipinski definition) is 1. The topological polar surface area (TPSA) is 28.7 Å². The van der Waals surface area contributed by atoms with E-state index < -0.39 is 0 Å². The number of nitrogens with one attached hydrogen (secondary N) is 1. The molecule has 0 fully saturated rings. The number of fused-ring (bicyclic) bond motifs is 1. The number of aromatic nitrogens is 2. The number of H-pyrrole nitrogens is 1. The van der Waals surface area contributed by atoms with E-state index in [4.69, 9.17) is 0 Å². The Bertz CT molecular complexity index is 471.